The third-order valence-corrected chi connectivity index (χ3v) is 4.30. The first-order valence-electron chi connectivity index (χ1n) is 4.74. The van der Waals surface area contributed by atoms with Crippen LogP contribution in [0.5, 0.6) is 5.75 Å². The monoisotopic (exact) mass is 330 g/mol. The number of hydrogen-bond acceptors (Lipinski definition) is 3. The SMILES string of the molecule is COc1ccc(Cl)cc1C(=O)c1sccc1Br. The molecule has 5 heteroatoms. The van der Waals surface area contributed by atoms with Crippen LogP contribution in [-0.4, -0.2) is 12.9 Å². The molecule has 0 aliphatic carbocycles. The Hall–Kier alpha value is -0.840. The summed E-state index contributed by atoms with van der Waals surface area (Å²) in [5.74, 6) is 0.436. The Balaban J connectivity index is 2.50. The van der Waals surface area contributed by atoms with Gasteiger partial charge in [-0.3, -0.25) is 4.79 Å². The van der Waals surface area contributed by atoms with Gasteiger partial charge >= 0.3 is 0 Å². The molecule has 0 radical (unpaired) electrons. The Morgan fingerprint density at radius 1 is 1.41 bits per heavy atom. The largest absolute Gasteiger partial charge is 0.496 e. The number of methoxy groups -OCH3 is 1. The van der Waals surface area contributed by atoms with Crippen LogP contribution < -0.4 is 4.74 Å². The van der Waals surface area contributed by atoms with Gasteiger partial charge < -0.3 is 4.74 Å². The maximum Gasteiger partial charge on any atom is 0.207 e. The Kier molecular flexibility index (Phi) is 3.86. The van der Waals surface area contributed by atoms with Crippen LogP contribution in [0.3, 0.4) is 0 Å². The summed E-state index contributed by atoms with van der Waals surface area (Å²) in [6.07, 6.45) is 0. The fourth-order valence-corrected chi connectivity index (χ4v) is 3.11. The average Bonchev–Trinajstić information content (AvgIpc) is 2.74. The molecule has 0 saturated heterocycles. The summed E-state index contributed by atoms with van der Waals surface area (Å²) >= 11 is 10.6. The number of carbonyl (C=O) groups excluding carboxylic acids is 1. The van der Waals surface area contributed by atoms with E-state index in [-0.39, 0.29) is 5.78 Å². The highest BCUT2D eigenvalue weighted by molar-refractivity contribution is 9.10. The van der Waals surface area contributed by atoms with E-state index in [0.29, 0.717) is 21.2 Å². The number of rotatable bonds is 3. The molecule has 0 spiro atoms. The lowest BCUT2D eigenvalue weighted by Gasteiger charge is -2.07. The van der Waals surface area contributed by atoms with Gasteiger partial charge in [0.15, 0.2) is 0 Å². The molecule has 2 rings (SSSR count). The highest BCUT2D eigenvalue weighted by Crippen LogP contribution is 2.30. The molecule has 0 bridgehead atoms. The predicted molar refractivity (Wildman–Crippen MR) is 73.5 cm³/mol. The van der Waals surface area contributed by atoms with Gasteiger partial charge in [0.1, 0.15) is 5.75 Å². The van der Waals surface area contributed by atoms with Crippen LogP contribution in [0.15, 0.2) is 34.1 Å². The van der Waals surface area contributed by atoms with E-state index < -0.39 is 0 Å². The van der Waals surface area contributed by atoms with Crippen molar-refractivity contribution >= 4 is 44.7 Å². The normalized spacial score (nSPS) is 10.3. The van der Waals surface area contributed by atoms with Gasteiger partial charge in [-0.05, 0) is 45.6 Å². The molecule has 2 nitrogen and oxygen atoms in total. The maximum atomic E-state index is 12.3. The predicted octanol–water partition coefficient (Wildman–Crippen LogP) is 4.40. The molecule has 88 valence electrons. The molecular formula is C12H8BrClO2S. The lowest BCUT2D eigenvalue weighted by atomic mass is 10.1. The van der Waals surface area contributed by atoms with Gasteiger partial charge in [0.05, 0.1) is 17.6 Å². The molecule has 0 saturated carbocycles. The second-order valence-corrected chi connectivity index (χ2v) is 5.48. The van der Waals surface area contributed by atoms with Gasteiger partial charge in [0.25, 0.3) is 0 Å². The van der Waals surface area contributed by atoms with Gasteiger partial charge in [-0.1, -0.05) is 11.6 Å². The van der Waals surface area contributed by atoms with Crippen LogP contribution in [0.4, 0.5) is 0 Å². The van der Waals surface area contributed by atoms with E-state index >= 15 is 0 Å². The minimum absolute atomic E-state index is 0.0915. The minimum Gasteiger partial charge on any atom is -0.496 e. The zero-order chi connectivity index (χ0) is 12.4. The van der Waals surface area contributed by atoms with Crippen molar-refractivity contribution in [1.82, 2.24) is 0 Å². The van der Waals surface area contributed by atoms with Crippen LogP contribution >= 0.6 is 38.9 Å². The van der Waals surface area contributed by atoms with Crippen molar-refractivity contribution in [1.29, 1.82) is 0 Å². The first-order chi connectivity index (χ1) is 8.13. The lowest BCUT2D eigenvalue weighted by Crippen LogP contribution is -2.02. The van der Waals surface area contributed by atoms with Gasteiger partial charge in [-0.25, -0.2) is 0 Å². The fraction of sp³-hybridized carbons (Fsp3) is 0.0833. The van der Waals surface area contributed by atoms with Crippen molar-refractivity contribution in [2.75, 3.05) is 7.11 Å². The molecule has 0 atom stereocenters. The summed E-state index contributed by atoms with van der Waals surface area (Å²) in [4.78, 5) is 12.9. The van der Waals surface area contributed by atoms with Gasteiger partial charge in [0.2, 0.25) is 5.78 Å². The summed E-state index contributed by atoms with van der Waals surface area (Å²) in [6.45, 7) is 0. The second kappa shape index (κ2) is 5.21. The van der Waals surface area contributed by atoms with Crippen LogP contribution in [0, 0.1) is 0 Å². The van der Waals surface area contributed by atoms with Crippen molar-refractivity contribution < 1.29 is 9.53 Å². The van der Waals surface area contributed by atoms with Crippen molar-refractivity contribution in [3.63, 3.8) is 0 Å². The van der Waals surface area contributed by atoms with Gasteiger partial charge in [0, 0.05) is 9.50 Å². The summed E-state index contributed by atoms with van der Waals surface area (Å²) in [5.41, 5.74) is 0.475. The summed E-state index contributed by atoms with van der Waals surface area (Å²) in [7, 11) is 1.53. The second-order valence-electron chi connectivity index (χ2n) is 3.27. The zero-order valence-corrected chi connectivity index (χ0v) is 12.0. The molecule has 0 N–H and O–H groups in total. The third-order valence-electron chi connectivity index (χ3n) is 2.23. The topological polar surface area (TPSA) is 26.3 Å². The lowest BCUT2D eigenvalue weighted by molar-refractivity contribution is 0.103. The number of hydrogen-bond donors (Lipinski definition) is 0. The van der Waals surface area contributed by atoms with E-state index in [2.05, 4.69) is 15.9 Å². The molecule has 0 aliphatic rings. The smallest absolute Gasteiger partial charge is 0.207 e. The average molecular weight is 332 g/mol. The standard InChI is InChI=1S/C12H8BrClO2S/c1-16-10-3-2-7(14)6-8(10)11(15)12-9(13)4-5-17-12/h2-6H,1H3. The molecule has 1 aromatic heterocycles. The van der Waals surface area contributed by atoms with E-state index in [1.165, 1.54) is 18.4 Å². The van der Waals surface area contributed by atoms with Crippen molar-refractivity contribution in [2.45, 2.75) is 0 Å². The van der Waals surface area contributed by atoms with Crippen LogP contribution in [0.25, 0.3) is 0 Å². The van der Waals surface area contributed by atoms with Crippen LogP contribution in [-0.2, 0) is 0 Å². The quantitative estimate of drug-likeness (QED) is 0.779. The van der Waals surface area contributed by atoms with Gasteiger partial charge in [-0.15, -0.1) is 11.3 Å². The third kappa shape index (κ3) is 2.54. The van der Waals surface area contributed by atoms with Crippen molar-refractivity contribution in [2.24, 2.45) is 0 Å². The summed E-state index contributed by atoms with van der Waals surface area (Å²) < 4.78 is 5.96. The maximum absolute atomic E-state index is 12.3. The molecule has 2 aromatic rings. The van der Waals surface area contributed by atoms with E-state index in [0.717, 1.165) is 4.47 Å². The minimum atomic E-state index is -0.0915. The number of halogens is 2. The Morgan fingerprint density at radius 2 is 2.18 bits per heavy atom. The van der Waals surface area contributed by atoms with Crippen LogP contribution in [0.2, 0.25) is 5.02 Å². The Bertz CT molecular complexity index is 565. The fourth-order valence-electron chi connectivity index (χ4n) is 1.44. The molecular weight excluding hydrogens is 324 g/mol. The summed E-state index contributed by atoms with van der Waals surface area (Å²) in [5, 5.41) is 2.37. The van der Waals surface area contributed by atoms with E-state index in [1.54, 1.807) is 18.2 Å². The number of thiophene rings is 1. The molecule has 0 aliphatic heterocycles. The number of ketones is 1. The molecule has 0 amide bonds. The Morgan fingerprint density at radius 3 is 2.76 bits per heavy atom. The first kappa shape index (κ1) is 12.6. The molecule has 17 heavy (non-hydrogen) atoms. The number of ether oxygens (including phenoxy) is 1. The van der Waals surface area contributed by atoms with E-state index in [4.69, 9.17) is 16.3 Å². The molecule has 1 aromatic carbocycles. The van der Waals surface area contributed by atoms with Crippen molar-refractivity contribution in [3.05, 3.63) is 49.6 Å². The zero-order valence-electron chi connectivity index (χ0n) is 8.87. The Labute approximate surface area is 116 Å². The highest BCUT2D eigenvalue weighted by atomic mass is 79.9. The van der Waals surface area contributed by atoms with Gasteiger partial charge in [-0.2, -0.15) is 0 Å². The number of carbonyl (C=O) groups is 1. The molecule has 1 heterocycles. The van der Waals surface area contributed by atoms with Crippen molar-refractivity contribution in [3.8, 4) is 5.75 Å². The molecule has 0 unspecified atom stereocenters. The van der Waals surface area contributed by atoms with E-state index in [9.17, 15) is 4.79 Å². The highest BCUT2D eigenvalue weighted by Gasteiger charge is 2.18. The van der Waals surface area contributed by atoms with E-state index in [1.807, 2.05) is 11.4 Å². The molecule has 0 fully saturated rings. The first-order valence-corrected chi connectivity index (χ1v) is 6.79. The van der Waals surface area contributed by atoms with Crippen LogP contribution in [0.1, 0.15) is 15.2 Å². The number of benzene rings is 1. The summed E-state index contributed by atoms with van der Waals surface area (Å²) in [6, 6.07) is 6.85.